The van der Waals surface area contributed by atoms with Gasteiger partial charge in [-0.05, 0) is 49.3 Å². The van der Waals surface area contributed by atoms with Crippen LogP contribution in [0.1, 0.15) is 19.3 Å². The summed E-state index contributed by atoms with van der Waals surface area (Å²) in [5.74, 6) is -1.61. The van der Waals surface area contributed by atoms with E-state index in [1.165, 1.54) is 0 Å². The van der Waals surface area contributed by atoms with E-state index >= 15 is 0 Å². The van der Waals surface area contributed by atoms with Gasteiger partial charge in [-0.3, -0.25) is 9.59 Å². The molecule has 4 atom stereocenters. The highest BCUT2D eigenvalue weighted by molar-refractivity contribution is 6.30. The van der Waals surface area contributed by atoms with Crippen molar-refractivity contribution in [3.63, 3.8) is 0 Å². The van der Waals surface area contributed by atoms with E-state index in [2.05, 4.69) is 5.32 Å². The van der Waals surface area contributed by atoms with Crippen molar-refractivity contribution in [1.29, 1.82) is 0 Å². The van der Waals surface area contributed by atoms with E-state index in [4.69, 9.17) is 11.6 Å². The Kier molecular flexibility index (Phi) is 3.42. The number of anilines is 1. The van der Waals surface area contributed by atoms with Crippen LogP contribution in [0.5, 0.6) is 0 Å². The average molecular weight is 294 g/mol. The Morgan fingerprint density at radius 1 is 1.20 bits per heavy atom. The minimum atomic E-state index is -0.844. The summed E-state index contributed by atoms with van der Waals surface area (Å²) in [7, 11) is 0. The monoisotopic (exact) mass is 293 g/mol. The minimum absolute atomic E-state index is 0.160. The maximum atomic E-state index is 12.4. The number of carbonyl (C=O) groups is 2. The second-order valence-electron chi connectivity index (χ2n) is 5.72. The van der Waals surface area contributed by atoms with E-state index in [0.29, 0.717) is 10.7 Å². The maximum Gasteiger partial charge on any atom is 0.307 e. The van der Waals surface area contributed by atoms with Crippen molar-refractivity contribution < 1.29 is 14.7 Å². The first-order chi connectivity index (χ1) is 9.56. The van der Waals surface area contributed by atoms with Gasteiger partial charge in [0.2, 0.25) is 5.91 Å². The normalized spacial score (nSPS) is 31.2. The standard InChI is InChI=1S/C15H16ClNO3/c16-10-2-1-3-11(7-10)17-14(18)12-8-4-5-9(6-8)13(12)15(19)20/h1-3,7-9,12-13H,4-6H2,(H,17,18)(H,19,20)/t8-,9+,12-,13+/m1/s1. The predicted octanol–water partition coefficient (Wildman–Crippen LogP) is 3.03. The van der Waals surface area contributed by atoms with Gasteiger partial charge in [-0.15, -0.1) is 0 Å². The zero-order valence-corrected chi connectivity index (χ0v) is 11.6. The average Bonchev–Trinajstić information content (AvgIpc) is 2.98. The Morgan fingerprint density at radius 3 is 2.55 bits per heavy atom. The van der Waals surface area contributed by atoms with Crippen molar-refractivity contribution in [3.8, 4) is 0 Å². The molecule has 0 radical (unpaired) electrons. The lowest BCUT2D eigenvalue weighted by Crippen LogP contribution is -2.37. The number of halogens is 1. The van der Waals surface area contributed by atoms with Gasteiger partial charge in [0, 0.05) is 10.7 Å². The summed E-state index contributed by atoms with van der Waals surface area (Å²) in [5, 5.41) is 12.7. The van der Waals surface area contributed by atoms with Crippen LogP contribution in [0.2, 0.25) is 5.02 Å². The molecule has 2 aliphatic carbocycles. The molecule has 0 aliphatic heterocycles. The number of hydrogen-bond donors (Lipinski definition) is 2. The van der Waals surface area contributed by atoms with Gasteiger partial charge in [-0.2, -0.15) is 0 Å². The van der Waals surface area contributed by atoms with Crippen LogP contribution in [-0.2, 0) is 9.59 Å². The second kappa shape index (κ2) is 5.09. The number of aliphatic carboxylic acids is 1. The minimum Gasteiger partial charge on any atom is -0.481 e. The molecule has 1 aromatic rings. The second-order valence-corrected chi connectivity index (χ2v) is 6.16. The number of fused-ring (bicyclic) bond motifs is 2. The lowest BCUT2D eigenvalue weighted by molar-refractivity contribution is -0.148. The SMILES string of the molecule is O=C(Nc1cccc(Cl)c1)[C@@H]1[C@@H]2CC[C@@H](C2)[C@@H]1C(=O)O. The van der Waals surface area contributed by atoms with E-state index in [-0.39, 0.29) is 17.7 Å². The van der Waals surface area contributed by atoms with Crippen LogP contribution < -0.4 is 5.32 Å². The largest absolute Gasteiger partial charge is 0.481 e. The molecule has 2 aliphatic rings. The van der Waals surface area contributed by atoms with E-state index in [0.717, 1.165) is 19.3 Å². The smallest absolute Gasteiger partial charge is 0.307 e. The molecule has 0 heterocycles. The number of carboxylic acid groups (broad SMARTS) is 1. The molecule has 1 amide bonds. The summed E-state index contributed by atoms with van der Waals surface area (Å²) in [4.78, 5) is 23.8. The van der Waals surface area contributed by atoms with Gasteiger partial charge in [0.1, 0.15) is 0 Å². The topological polar surface area (TPSA) is 66.4 Å². The third-order valence-electron chi connectivity index (χ3n) is 4.60. The van der Waals surface area contributed by atoms with Crippen LogP contribution in [-0.4, -0.2) is 17.0 Å². The molecule has 0 aromatic heterocycles. The molecular weight excluding hydrogens is 278 g/mol. The fourth-order valence-electron chi connectivity index (χ4n) is 3.82. The molecule has 4 nitrogen and oxygen atoms in total. The van der Waals surface area contributed by atoms with Crippen LogP contribution in [0.3, 0.4) is 0 Å². The number of carboxylic acids is 1. The van der Waals surface area contributed by atoms with E-state index in [1.807, 2.05) is 0 Å². The summed E-state index contributed by atoms with van der Waals surface area (Å²) in [5.41, 5.74) is 0.620. The summed E-state index contributed by atoms with van der Waals surface area (Å²) >= 11 is 5.88. The van der Waals surface area contributed by atoms with E-state index in [9.17, 15) is 14.7 Å². The van der Waals surface area contributed by atoms with Crippen molar-refractivity contribution in [1.82, 2.24) is 0 Å². The summed E-state index contributed by atoms with van der Waals surface area (Å²) in [6, 6.07) is 6.91. The molecule has 3 rings (SSSR count). The van der Waals surface area contributed by atoms with Gasteiger partial charge in [-0.25, -0.2) is 0 Å². The molecule has 2 N–H and O–H groups in total. The first-order valence-electron chi connectivity index (χ1n) is 6.85. The summed E-state index contributed by atoms with van der Waals surface area (Å²) < 4.78 is 0. The van der Waals surface area contributed by atoms with Crippen LogP contribution in [0.25, 0.3) is 0 Å². The Morgan fingerprint density at radius 2 is 1.90 bits per heavy atom. The number of rotatable bonds is 3. The van der Waals surface area contributed by atoms with Crippen LogP contribution in [0.4, 0.5) is 5.69 Å². The third-order valence-corrected chi connectivity index (χ3v) is 4.83. The molecule has 1 aromatic carbocycles. The highest BCUT2D eigenvalue weighted by atomic mass is 35.5. The van der Waals surface area contributed by atoms with Crippen molar-refractivity contribution in [2.45, 2.75) is 19.3 Å². The number of carbonyl (C=O) groups excluding carboxylic acids is 1. The van der Waals surface area contributed by atoms with Gasteiger partial charge in [-0.1, -0.05) is 17.7 Å². The van der Waals surface area contributed by atoms with Gasteiger partial charge in [0.15, 0.2) is 0 Å². The Hall–Kier alpha value is -1.55. The molecule has 5 heteroatoms. The molecule has 106 valence electrons. The number of amides is 1. The van der Waals surface area contributed by atoms with Crippen LogP contribution in [0, 0.1) is 23.7 Å². The van der Waals surface area contributed by atoms with Gasteiger partial charge in [0.25, 0.3) is 0 Å². The lowest BCUT2D eigenvalue weighted by Gasteiger charge is -2.27. The maximum absolute atomic E-state index is 12.4. The van der Waals surface area contributed by atoms with Gasteiger partial charge in [0.05, 0.1) is 11.8 Å². The zero-order valence-electron chi connectivity index (χ0n) is 10.9. The number of hydrogen-bond acceptors (Lipinski definition) is 2. The van der Waals surface area contributed by atoms with Crippen LogP contribution >= 0.6 is 11.6 Å². The van der Waals surface area contributed by atoms with Crippen molar-refractivity contribution in [2.75, 3.05) is 5.32 Å². The first-order valence-corrected chi connectivity index (χ1v) is 7.23. The molecule has 0 spiro atoms. The van der Waals surface area contributed by atoms with Gasteiger partial charge >= 0.3 is 5.97 Å². The molecular formula is C15H16ClNO3. The van der Waals surface area contributed by atoms with Crippen molar-refractivity contribution >= 4 is 29.2 Å². The summed E-state index contributed by atoms with van der Waals surface area (Å²) in [6.07, 6.45) is 2.76. The van der Waals surface area contributed by atoms with E-state index < -0.39 is 17.8 Å². The molecule has 20 heavy (non-hydrogen) atoms. The van der Waals surface area contributed by atoms with Crippen molar-refractivity contribution in [2.24, 2.45) is 23.7 Å². The summed E-state index contributed by atoms with van der Waals surface area (Å²) in [6.45, 7) is 0. The van der Waals surface area contributed by atoms with Crippen molar-refractivity contribution in [3.05, 3.63) is 29.3 Å². The molecule has 2 bridgehead atoms. The lowest BCUT2D eigenvalue weighted by atomic mass is 9.78. The Balaban J connectivity index is 1.78. The van der Waals surface area contributed by atoms with Crippen LogP contribution in [0.15, 0.2) is 24.3 Å². The predicted molar refractivity (Wildman–Crippen MR) is 75.5 cm³/mol. The highest BCUT2D eigenvalue weighted by Crippen LogP contribution is 2.52. The van der Waals surface area contributed by atoms with Gasteiger partial charge < -0.3 is 10.4 Å². The third kappa shape index (κ3) is 2.29. The number of benzene rings is 1. The Bertz CT molecular complexity index is 560. The van der Waals surface area contributed by atoms with E-state index in [1.54, 1.807) is 24.3 Å². The fraction of sp³-hybridized carbons (Fsp3) is 0.467. The highest BCUT2D eigenvalue weighted by Gasteiger charge is 2.53. The molecule has 2 saturated carbocycles. The zero-order chi connectivity index (χ0) is 14.3. The molecule has 2 fully saturated rings. The number of nitrogens with one attached hydrogen (secondary N) is 1. The quantitative estimate of drug-likeness (QED) is 0.900. The molecule has 0 unspecified atom stereocenters. The molecule has 0 saturated heterocycles. The fourth-order valence-corrected chi connectivity index (χ4v) is 4.01. The Labute approximate surface area is 122 Å². The first kappa shape index (κ1) is 13.4.